The first-order chi connectivity index (χ1) is 14.3. The Hall–Kier alpha value is -2.28. The molecule has 4 aromatic rings. The van der Waals surface area contributed by atoms with Crippen LogP contribution in [0.25, 0.3) is 20.8 Å². The summed E-state index contributed by atoms with van der Waals surface area (Å²) < 4.78 is 6.56. The maximum Gasteiger partial charge on any atom is 0.123 e. The quantitative estimate of drug-likeness (QED) is 0.518. The van der Waals surface area contributed by atoms with E-state index in [0.717, 1.165) is 28.4 Å². The van der Waals surface area contributed by atoms with Crippen LogP contribution in [0.15, 0.2) is 53.9 Å². The molecule has 0 bridgehead atoms. The van der Waals surface area contributed by atoms with Gasteiger partial charge >= 0.3 is 0 Å². The minimum absolute atomic E-state index is 0.612. The molecule has 0 amide bonds. The topological polar surface area (TPSA) is 39.5 Å². The highest BCUT2D eigenvalue weighted by Crippen LogP contribution is 2.31. The van der Waals surface area contributed by atoms with E-state index in [-0.39, 0.29) is 0 Å². The van der Waals surface area contributed by atoms with Crippen LogP contribution in [0.3, 0.4) is 0 Å². The van der Waals surface area contributed by atoms with Gasteiger partial charge in [0.15, 0.2) is 0 Å². The van der Waals surface area contributed by atoms with E-state index in [4.69, 9.17) is 14.7 Å². The number of quaternary nitrogens is 1. The SMILES string of the molecule is COc1ccc(-c2nc(C[NH+]3CCC(c4nc5ccccc5s4)CC3)cs2)cc1. The van der Waals surface area contributed by atoms with Gasteiger partial charge < -0.3 is 9.64 Å². The lowest BCUT2D eigenvalue weighted by atomic mass is 9.97. The van der Waals surface area contributed by atoms with Crippen LogP contribution in [0, 0.1) is 0 Å². The molecular formula is C23H24N3OS2+. The van der Waals surface area contributed by atoms with Gasteiger partial charge in [-0.15, -0.1) is 22.7 Å². The lowest BCUT2D eigenvalue weighted by molar-refractivity contribution is -0.919. The summed E-state index contributed by atoms with van der Waals surface area (Å²) in [4.78, 5) is 11.4. The second kappa shape index (κ2) is 8.22. The number of aromatic nitrogens is 2. The van der Waals surface area contributed by atoms with Crippen molar-refractivity contribution < 1.29 is 9.64 Å². The molecular weight excluding hydrogens is 398 g/mol. The third-order valence-corrected chi connectivity index (χ3v) is 7.81. The number of nitrogens with one attached hydrogen (secondary N) is 1. The summed E-state index contributed by atoms with van der Waals surface area (Å²) in [6, 6.07) is 16.6. The van der Waals surface area contributed by atoms with Gasteiger partial charge in [-0.05, 0) is 36.4 Å². The lowest BCUT2D eigenvalue weighted by Gasteiger charge is -2.27. The highest BCUT2D eigenvalue weighted by atomic mass is 32.1. The fraction of sp³-hybridized carbons (Fsp3) is 0.304. The number of fused-ring (bicyclic) bond motifs is 1. The molecule has 1 N–H and O–H groups in total. The fourth-order valence-corrected chi connectivity index (χ4v) is 5.99. The van der Waals surface area contributed by atoms with Gasteiger partial charge in [-0.25, -0.2) is 9.97 Å². The molecule has 1 saturated heterocycles. The summed E-state index contributed by atoms with van der Waals surface area (Å²) in [7, 11) is 1.69. The predicted octanol–water partition coefficient (Wildman–Crippen LogP) is 4.39. The van der Waals surface area contributed by atoms with Gasteiger partial charge in [0.25, 0.3) is 0 Å². The number of hydrogen-bond donors (Lipinski definition) is 1. The van der Waals surface area contributed by atoms with Crippen molar-refractivity contribution in [2.45, 2.75) is 25.3 Å². The predicted molar refractivity (Wildman–Crippen MR) is 120 cm³/mol. The molecule has 1 aliphatic rings. The normalized spacial score (nSPS) is 19.5. The monoisotopic (exact) mass is 422 g/mol. The van der Waals surface area contributed by atoms with Gasteiger partial charge in [0.1, 0.15) is 23.0 Å². The summed E-state index contributed by atoms with van der Waals surface area (Å²) in [5, 5.41) is 4.62. The number of methoxy groups -OCH3 is 1. The van der Waals surface area contributed by atoms with E-state index in [0.29, 0.717) is 5.92 Å². The molecule has 3 heterocycles. The number of benzene rings is 2. The van der Waals surface area contributed by atoms with E-state index >= 15 is 0 Å². The molecule has 29 heavy (non-hydrogen) atoms. The number of para-hydroxylation sites is 1. The zero-order valence-corrected chi connectivity index (χ0v) is 18.1. The van der Waals surface area contributed by atoms with Gasteiger partial charge in [-0.3, -0.25) is 0 Å². The number of hydrogen-bond acceptors (Lipinski definition) is 5. The van der Waals surface area contributed by atoms with Crippen molar-refractivity contribution in [3.05, 3.63) is 64.6 Å². The fourth-order valence-electron chi connectivity index (χ4n) is 4.02. The van der Waals surface area contributed by atoms with Crippen LogP contribution in [0.1, 0.15) is 29.5 Å². The van der Waals surface area contributed by atoms with E-state index in [1.54, 1.807) is 23.3 Å². The average Bonchev–Trinajstić information content (AvgIpc) is 3.41. The molecule has 5 rings (SSSR count). The van der Waals surface area contributed by atoms with E-state index in [1.165, 1.54) is 41.3 Å². The first kappa shape index (κ1) is 18.7. The first-order valence-corrected chi connectivity index (χ1v) is 11.8. The molecule has 2 aromatic heterocycles. The highest BCUT2D eigenvalue weighted by molar-refractivity contribution is 7.18. The lowest BCUT2D eigenvalue weighted by Crippen LogP contribution is -3.11. The second-order valence-corrected chi connectivity index (χ2v) is 9.51. The van der Waals surface area contributed by atoms with E-state index in [9.17, 15) is 0 Å². The van der Waals surface area contributed by atoms with Gasteiger partial charge in [0.05, 0.1) is 35.4 Å². The van der Waals surface area contributed by atoms with Crippen LogP contribution in [0.4, 0.5) is 0 Å². The Balaban J connectivity index is 1.20. The van der Waals surface area contributed by atoms with Crippen molar-refractivity contribution in [2.24, 2.45) is 0 Å². The van der Waals surface area contributed by atoms with Crippen molar-refractivity contribution in [1.29, 1.82) is 0 Å². The molecule has 148 valence electrons. The Morgan fingerprint density at radius 1 is 1.03 bits per heavy atom. The van der Waals surface area contributed by atoms with Crippen LogP contribution in [0.2, 0.25) is 0 Å². The maximum absolute atomic E-state index is 5.24. The zero-order chi connectivity index (χ0) is 19.6. The van der Waals surface area contributed by atoms with Gasteiger partial charge in [0, 0.05) is 29.7 Å². The highest BCUT2D eigenvalue weighted by Gasteiger charge is 2.26. The summed E-state index contributed by atoms with van der Waals surface area (Å²) in [5.74, 6) is 1.49. The number of thiazole rings is 2. The average molecular weight is 423 g/mol. The number of piperidine rings is 1. The van der Waals surface area contributed by atoms with Crippen molar-refractivity contribution in [1.82, 2.24) is 9.97 Å². The molecule has 0 unspecified atom stereocenters. The molecule has 1 fully saturated rings. The van der Waals surface area contributed by atoms with Crippen molar-refractivity contribution in [3.8, 4) is 16.3 Å². The number of likely N-dealkylation sites (tertiary alicyclic amines) is 1. The summed E-state index contributed by atoms with van der Waals surface area (Å²) in [6.07, 6.45) is 2.43. The van der Waals surface area contributed by atoms with E-state index in [2.05, 4.69) is 41.8 Å². The van der Waals surface area contributed by atoms with Crippen LogP contribution < -0.4 is 9.64 Å². The van der Waals surface area contributed by atoms with Crippen molar-refractivity contribution in [3.63, 3.8) is 0 Å². The third kappa shape index (κ3) is 4.06. The summed E-state index contributed by atoms with van der Waals surface area (Å²) in [6.45, 7) is 3.39. The van der Waals surface area contributed by atoms with Crippen molar-refractivity contribution in [2.75, 3.05) is 20.2 Å². The molecule has 1 aliphatic heterocycles. The Bertz CT molecular complexity index is 1060. The summed E-state index contributed by atoms with van der Waals surface area (Å²) in [5.41, 5.74) is 3.51. The molecule has 2 aromatic carbocycles. The molecule has 6 heteroatoms. The molecule has 4 nitrogen and oxygen atoms in total. The number of nitrogens with zero attached hydrogens (tertiary/aromatic N) is 2. The Morgan fingerprint density at radius 3 is 2.59 bits per heavy atom. The zero-order valence-electron chi connectivity index (χ0n) is 16.4. The minimum Gasteiger partial charge on any atom is -0.497 e. The Labute approximate surface area is 178 Å². The standard InChI is InChI=1S/C23H23N3OS2/c1-27-19-8-6-16(7-9-19)22-24-18(15-28-22)14-26-12-10-17(11-13-26)23-25-20-4-2-3-5-21(20)29-23/h2-9,15,17H,10-14H2,1H3/p+1. The molecule has 0 atom stereocenters. The Kier molecular flexibility index (Phi) is 5.31. The van der Waals surface area contributed by atoms with Crippen LogP contribution in [-0.2, 0) is 6.54 Å². The van der Waals surface area contributed by atoms with Crippen LogP contribution in [-0.4, -0.2) is 30.2 Å². The molecule has 0 radical (unpaired) electrons. The van der Waals surface area contributed by atoms with Crippen LogP contribution in [0.5, 0.6) is 5.75 Å². The Morgan fingerprint density at radius 2 is 1.83 bits per heavy atom. The van der Waals surface area contributed by atoms with E-state index in [1.807, 2.05) is 23.5 Å². The smallest absolute Gasteiger partial charge is 0.123 e. The second-order valence-electron chi connectivity index (χ2n) is 7.59. The maximum atomic E-state index is 5.24. The molecule has 0 saturated carbocycles. The third-order valence-electron chi connectivity index (χ3n) is 5.67. The van der Waals surface area contributed by atoms with Crippen LogP contribution >= 0.6 is 22.7 Å². The van der Waals surface area contributed by atoms with Gasteiger partial charge in [0.2, 0.25) is 0 Å². The van der Waals surface area contributed by atoms with Gasteiger partial charge in [-0.1, -0.05) is 12.1 Å². The van der Waals surface area contributed by atoms with Gasteiger partial charge in [-0.2, -0.15) is 0 Å². The number of ether oxygens (including phenoxy) is 1. The summed E-state index contributed by atoms with van der Waals surface area (Å²) >= 11 is 3.60. The minimum atomic E-state index is 0.612. The van der Waals surface area contributed by atoms with Crippen molar-refractivity contribution >= 4 is 32.9 Å². The first-order valence-electron chi connectivity index (χ1n) is 10.1. The van der Waals surface area contributed by atoms with E-state index < -0.39 is 0 Å². The molecule has 0 spiro atoms. The largest absolute Gasteiger partial charge is 0.497 e. The number of rotatable bonds is 5. The molecule has 0 aliphatic carbocycles.